The number of nitrogen functional groups attached to an aromatic ring is 1. The van der Waals surface area contributed by atoms with Gasteiger partial charge < -0.3 is 5.73 Å². The highest BCUT2D eigenvalue weighted by Crippen LogP contribution is 2.18. The predicted molar refractivity (Wildman–Crippen MR) is 73.6 cm³/mol. The minimum Gasteiger partial charge on any atom is -0.399 e. The van der Waals surface area contributed by atoms with E-state index in [0.29, 0.717) is 17.2 Å². The molecule has 0 fully saturated rings. The molecular formula is C13H16FN3OS. The first-order valence-electron chi connectivity index (χ1n) is 5.97. The van der Waals surface area contributed by atoms with Crippen LogP contribution in [0.5, 0.6) is 0 Å². The molecule has 1 aromatic heterocycles. The van der Waals surface area contributed by atoms with Crippen LogP contribution in [0.4, 0.5) is 10.1 Å². The topological polar surface area (TPSA) is 60.9 Å². The molecular weight excluding hydrogens is 265 g/mol. The van der Waals surface area contributed by atoms with E-state index >= 15 is 0 Å². The fourth-order valence-electron chi connectivity index (χ4n) is 1.92. The number of hydrogen-bond donors (Lipinski definition) is 1. The molecule has 1 heterocycles. The normalized spacial score (nSPS) is 12.6. The highest BCUT2D eigenvalue weighted by molar-refractivity contribution is 7.84. The number of hydrogen-bond acceptors (Lipinski definition) is 3. The fourth-order valence-corrected chi connectivity index (χ4v) is 3.10. The Kier molecular flexibility index (Phi) is 3.99. The van der Waals surface area contributed by atoms with Crippen LogP contribution in [0.15, 0.2) is 29.2 Å². The largest absolute Gasteiger partial charge is 0.399 e. The summed E-state index contributed by atoms with van der Waals surface area (Å²) in [7, 11) is -1.33. The van der Waals surface area contributed by atoms with Gasteiger partial charge in [-0.15, -0.1) is 0 Å². The van der Waals surface area contributed by atoms with Crippen molar-refractivity contribution in [2.45, 2.75) is 31.0 Å². The summed E-state index contributed by atoms with van der Waals surface area (Å²) in [6.45, 7) is 4.57. The SMILES string of the molecule is CCn1nc(C)cc1CS(=O)c1cc(N)cc(F)c1. The van der Waals surface area contributed by atoms with E-state index in [0.717, 1.165) is 11.4 Å². The second-order valence-corrected chi connectivity index (χ2v) is 5.75. The molecule has 0 aliphatic heterocycles. The van der Waals surface area contributed by atoms with Crippen LogP contribution in [-0.2, 0) is 23.1 Å². The van der Waals surface area contributed by atoms with Crippen molar-refractivity contribution in [1.82, 2.24) is 9.78 Å². The lowest BCUT2D eigenvalue weighted by Gasteiger charge is -2.06. The molecule has 0 saturated heterocycles. The Morgan fingerprint density at radius 2 is 2.11 bits per heavy atom. The maximum atomic E-state index is 13.2. The fraction of sp³-hybridized carbons (Fsp3) is 0.308. The van der Waals surface area contributed by atoms with Gasteiger partial charge in [0.05, 0.1) is 27.9 Å². The highest BCUT2D eigenvalue weighted by atomic mass is 32.2. The maximum absolute atomic E-state index is 13.2. The van der Waals surface area contributed by atoms with Gasteiger partial charge in [-0.1, -0.05) is 0 Å². The number of halogens is 1. The summed E-state index contributed by atoms with van der Waals surface area (Å²) < 4.78 is 27.3. The van der Waals surface area contributed by atoms with Crippen molar-refractivity contribution in [2.24, 2.45) is 0 Å². The molecule has 102 valence electrons. The second-order valence-electron chi connectivity index (χ2n) is 4.30. The van der Waals surface area contributed by atoms with Crippen molar-refractivity contribution in [1.29, 1.82) is 0 Å². The van der Waals surface area contributed by atoms with Gasteiger partial charge in [-0.3, -0.25) is 8.89 Å². The first kappa shape index (κ1) is 13.7. The molecule has 2 N–H and O–H groups in total. The predicted octanol–water partition coefficient (Wildman–Crippen LogP) is 2.24. The summed E-state index contributed by atoms with van der Waals surface area (Å²) in [5, 5.41) is 4.29. The van der Waals surface area contributed by atoms with Crippen LogP contribution in [-0.4, -0.2) is 14.0 Å². The minimum atomic E-state index is -1.33. The van der Waals surface area contributed by atoms with Gasteiger partial charge in [-0.05, 0) is 38.1 Å². The molecule has 6 heteroatoms. The van der Waals surface area contributed by atoms with E-state index in [9.17, 15) is 8.60 Å². The molecule has 0 aliphatic rings. The summed E-state index contributed by atoms with van der Waals surface area (Å²) in [5.74, 6) is -0.166. The van der Waals surface area contributed by atoms with Crippen LogP contribution in [0.2, 0.25) is 0 Å². The lowest BCUT2D eigenvalue weighted by atomic mass is 10.3. The molecule has 0 bridgehead atoms. The number of aromatic nitrogens is 2. The molecule has 0 radical (unpaired) electrons. The molecule has 0 amide bonds. The van der Waals surface area contributed by atoms with Crippen molar-refractivity contribution >= 4 is 16.5 Å². The quantitative estimate of drug-likeness (QED) is 0.874. The van der Waals surface area contributed by atoms with Crippen molar-refractivity contribution in [3.8, 4) is 0 Å². The molecule has 2 aromatic rings. The summed E-state index contributed by atoms with van der Waals surface area (Å²) in [5.41, 5.74) is 7.60. The van der Waals surface area contributed by atoms with Crippen molar-refractivity contribution in [2.75, 3.05) is 5.73 Å². The third-order valence-corrected chi connectivity index (χ3v) is 4.04. The smallest absolute Gasteiger partial charge is 0.126 e. The monoisotopic (exact) mass is 281 g/mol. The molecule has 0 aliphatic carbocycles. The van der Waals surface area contributed by atoms with Crippen LogP contribution in [0.1, 0.15) is 18.3 Å². The van der Waals surface area contributed by atoms with Gasteiger partial charge in [-0.2, -0.15) is 5.10 Å². The Morgan fingerprint density at radius 3 is 2.74 bits per heavy atom. The van der Waals surface area contributed by atoms with E-state index in [2.05, 4.69) is 5.10 Å². The average Bonchev–Trinajstić information content (AvgIpc) is 2.68. The Morgan fingerprint density at radius 1 is 1.37 bits per heavy atom. The van der Waals surface area contributed by atoms with E-state index in [1.165, 1.54) is 12.1 Å². The number of rotatable bonds is 4. The van der Waals surface area contributed by atoms with Gasteiger partial charge >= 0.3 is 0 Å². The molecule has 0 spiro atoms. The zero-order chi connectivity index (χ0) is 14.0. The molecule has 1 aromatic carbocycles. The standard InChI is InChI=1S/C13H16FN3OS/c1-3-17-12(4-9(2)16-17)8-19(18)13-6-10(14)5-11(15)7-13/h4-7H,3,8,15H2,1-2H3. The Labute approximate surface area is 113 Å². The lowest BCUT2D eigenvalue weighted by molar-refractivity contribution is 0.620. The van der Waals surface area contributed by atoms with E-state index < -0.39 is 16.6 Å². The van der Waals surface area contributed by atoms with E-state index in [-0.39, 0.29) is 5.69 Å². The van der Waals surface area contributed by atoms with E-state index in [1.54, 1.807) is 10.7 Å². The van der Waals surface area contributed by atoms with E-state index in [1.807, 2.05) is 19.9 Å². The first-order valence-corrected chi connectivity index (χ1v) is 7.29. The average molecular weight is 281 g/mol. The maximum Gasteiger partial charge on any atom is 0.126 e. The van der Waals surface area contributed by atoms with Gasteiger partial charge in [0, 0.05) is 17.1 Å². The first-order chi connectivity index (χ1) is 8.99. The third kappa shape index (κ3) is 3.20. The van der Waals surface area contributed by atoms with E-state index in [4.69, 9.17) is 5.73 Å². The minimum absolute atomic E-state index is 0.281. The lowest BCUT2D eigenvalue weighted by Crippen LogP contribution is -2.06. The van der Waals surface area contributed by atoms with Crippen LogP contribution in [0, 0.1) is 12.7 Å². The number of aryl methyl sites for hydroxylation is 2. The summed E-state index contributed by atoms with van der Waals surface area (Å²) in [4.78, 5) is 0.402. The number of nitrogens with two attached hydrogens (primary N) is 1. The van der Waals surface area contributed by atoms with Gasteiger partial charge in [0.25, 0.3) is 0 Å². The van der Waals surface area contributed by atoms with Gasteiger partial charge in [0.2, 0.25) is 0 Å². The Balaban J connectivity index is 2.25. The number of anilines is 1. The summed E-state index contributed by atoms with van der Waals surface area (Å²) >= 11 is 0. The molecule has 19 heavy (non-hydrogen) atoms. The Bertz CT molecular complexity index is 604. The molecule has 4 nitrogen and oxygen atoms in total. The zero-order valence-electron chi connectivity index (χ0n) is 10.9. The zero-order valence-corrected chi connectivity index (χ0v) is 11.7. The molecule has 1 unspecified atom stereocenters. The van der Waals surface area contributed by atoms with Crippen LogP contribution in [0.25, 0.3) is 0 Å². The van der Waals surface area contributed by atoms with Crippen molar-refractivity contribution in [3.05, 3.63) is 41.5 Å². The highest BCUT2D eigenvalue weighted by Gasteiger charge is 2.11. The Hall–Kier alpha value is -1.69. The van der Waals surface area contributed by atoms with Gasteiger partial charge in [-0.25, -0.2) is 4.39 Å². The van der Waals surface area contributed by atoms with Crippen molar-refractivity contribution in [3.63, 3.8) is 0 Å². The van der Waals surface area contributed by atoms with Crippen LogP contribution < -0.4 is 5.73 Å². The molecule has 1 atom stereocenters. The number of benzene rings is 1. The van der Waals surface area contributed by atoms with Crippen molar-refractivity contribution < 1.29 is 8.60 Å². The van der Waals surface area contributed by atoms with Crippen LogP contribution in [0.3, 0.4) is 0 Å². The van der Waals surface area contributed by atoms with Crippen LogP contribution >= 0.6 is 0 Å². The third-order valence-electron chi connectivity index (χ3n) is 2.72. The van der Waals surface area contributed by atoms with Gasteiger partial charge in [0.15, 0.2) is 0 Å². The summed E-state index contributed by atoms with van der Waals surface area (Å²) in [6.07, 6.45) is 0. The molecule has 0 saturated carbocycles. The molecule has 2 rings (SSSR count). The number of nitrogens with zero attached hydrogens (tertiary/aromatic N) is 2. The van der Waals surface area contributed by atoms with Gasteiger partial charge in [0.1, 0.15) is 5.82 Å². The summed E-state index contributed by atoms with van der Waals surface area (Å²) in [6, 6.07) is 5.90. The second kappa shape index (κ2) is 5.52.